The summed E-state index contributed by atoms with van der Waals surface area (Å²) in [6.07, 6.45) is 4.93. The van der Waals surface area contributed by atoms with Crippen LogP contribution in [0.4, 0.5) is 5.82 Å². The molecule has 8 nitrogen and oxygen atoms in total. The van der Waals surface area contributed by atoms with Crippen molar-refractivity contribution in [3.05, 3.63) is 51.4 Å². The minimum absolute atomic E-state index is 0.213. The smallest absolute Gasteiger partial charge is 0.286 e. The van der Waals surface area contributed by atoms with Gasteiger partial charge in [0.15, 0.2) is 5.17 Å². The molecule has 27 heavy (non-hydrogen) atoms. The van der Waals surface area contributed by atoms with Gasteiger partial charge in [0.25, 0.3) is 11.5 Å². The molecule has 2 aliphatic heterocycles. The van der Waals surface area contributed by atoms with Crippen molar-refractivity contribution in [2.75, 3.05) is 31.1 Å². The molecule has 0 atom stereocenters. The van der Waals surface area contributed by atoms with Crippen molar-refractivity contribution < 1.29 is 4.79 Å². The van der Waals surface area contributed by atoms with Gasteiger partial charge in [0.05, 0.1) is 4.91 Å². The number of anilines is 1. The maximum atomic E-state index is 12.3. The molecule has 2 aromatic rings. The van der Waals surface area contributed by atoms with Crippen molar-refractivity contribution >= 4 is 34.7 Å². The molecule has 0 bridgehead atoms. The molecule has 0 spiro atoms. The second-order valence-corrected chi connectivity index (χ2v) is 7.25. The van der Waals surface area contributed by atoms with E-state index in [1.54, 1.807) is 24.5 Å². The molecule has 4 N–H and O–H groups in total. The van der Waals surface area contributed by atoms with Crippen molar-refractivity contribution in [1.82, 2.24) is 15.3 Å². The first-order chi connectivity index (χ1) is 13.1. The van der Waals surface area contributed by atoms with E-state index in [0.717, 1.165) is 49.3 Å². The predicted octanol–water partition coefficient (Wildman–Crippen LogP) is 0.776. The van der Waals surface area contributed by atoms with E-state index in [1.165, 1.54) is 0 Å². The normalized spacial score (nSPS) is 18.8. The van der Waals surface area contributed by atoms with Crippen LogP contribution in [0.25, 0.3) is 17.2 Å². The van der Waals surface area contributed by atoms with E-state index >= 15 is 0 Å². The van der Waals surface area contributed by atoms with Crippen LogP contribution in [0.15, 0.2) is 45.3 Å². The molecular weight excluding hydrogens is 364 g/mol. The van der Waals surface area contributed by atoms with Crippen molar-refractivity contribution in [3.8, 4) is 11.1 Å². The number of nitrogens with zero attached hydrogens (tertiary/aromatic N) is 3. The number of nitrogens with one attached hydrogen (secondary N) is 2. The number of aliphatic imine (C=N–C) groups is 1. The van der Waals surface area contributed by atoms with Gasteiger partial charge in [-0.2, -0.15) is 4.99 Å². The number of carbonyl (C=O) groups is 1. The lowest BCUT2D eigenvalue weighted by molar-refractivity contribution is -0.113. The average Bonchev–Trinajstić information content (AvgIpc) is 3.01. The standard InChI is InChI=1S/C18H18N6O2S/c19-18-23-17(26)14(27-18)8-11-7-13(16(25)22-9-11)12-1-2-15(21-10-12)24-5-3-20-4-6-24/h1-2,7-10,20H,3-6H2,(H,22,25)(H2,19,23,26)/b14-8+. The van der Waals surface area contributed by atoms with Gasteiger partial charge in [-0.15, -0.1) is 0 Å². The number of piperazine rings is 1. The number of hydrogen-bond acceptors (Lipinski definition) is 7. The highest BCUT2D eigenvalue weighted by Gasteiger charge is 2.19. The van der Waals surface area contributed by atoms with Crippen LogP contribution >= 0.6 is 11.8 Å². The van der Waals surface area contributed by atoms with Crippen molar-refractivity contribution in [1.29, 1.82) is 0 Å². The highest BCUT2D eigenvalue weighted by atomic mass is 32.2. The van der Waals surface area contributed by atoms with Gasteiger partial charge in [-0.05, 0) is 41.6 Å². The van der Waals surface area contributed by atoms with Crippen LogP contribution in [-0.2, 0) is 4.79 Å². The molecule has 9 heteroatoms. The van der Waals surface area contributed by atoms with E-state index in [9.17, 15) is 9.59 Å². The van der Waals surface area contributed by atoms with Gasteiger partial charge in [0, 0.05) is 49.7 Å². The lowest BCUT2D eigenvalue weighted by Gasteiger charge is -2.28. The molecule has 0 saturated carbocycles. The van der Waals surface area contributed by atoms with Crippen LogP contribution in [0.5, 0.6) is 0 Å². The number of rotatable bonds is 3. The number of aromatic amines is 1. The van der Waals surface area contributed by atoms with E-state index in [0.29, 0.717) is 16.0 Å². The summed E-state index contributed by atoms with van der Waals surface area (Å²) in [6, 6.07) is 5.55. The highest BCUT2D eigenvalue weighted by molar-refractivity contribution is 8.18. The third-order valence-corrected chi connectivity index (χ3v) is 5.17. The summed E-state index contributed by atoms with van der Waals surface area (Å²) in [5.74, 6) is 0.530. The molecule has 1 amide bonds. The van der Waals surface area contributed by atoms with Gasteiger partial charge < -0.3 is 20.9 Å². The zero-order valence-electron chi connectivity index (χ0n) is 14.4. The topological polar surface area (TPSA) is 116 Å². The van der Waals surface area contributed by atoms with Crippen LogP contribution in [0.3, 0.4) is 0 Å². The fraction of sp³-hybridized carbons (Fsp3) is 0.222. The fourth-order valence-electron chi connectivity index (χ4n) is 3.00. The van der Waals surface area contributed by atoms with Crippen LogP contribution in [0.2, 0.25) is 0 Å². The molecule has 2 aliphatic rings. The number of thioether (sulfide) groups is 1. The van der Waals surface area contributed by atoms with Crippen LogP contribution < -0.4 is 21.5 Å². The van der Waals surface area contributed by atoms with E-state index in [2.05, 4.69) is 25.2 Å². The number of nitrogens with two attached hydrogens (primary N) is 1. The second-order valence-electron chi connectivity index (χ2n) is 6.18. The SMILES string of the molecule is NC1=NC(=O)/C(=C\c2c[nH]c(=O)c(-c3ccc(N4CCNCC4)nc3)c2)S1. The Bertz CT molecular complexity index is 990. The number of carbonyl (C=O) groups excluding carboxylic acids is 1. The summed E-state index contributed by atoms with van der Waals surface area (Å²) in [5.41, 5.74) is 7.26. The first-order valence-electron chi connectivity index (χ1n) is 8.53. The van der Waals surface area contributed by atoms with Gasteiger partial charge in [-0.3, -0.25) is 9.59 Å². The first kappa shape index (κ1) is 17.5. The third-order valence-electron chi connectivity index (χ3n) is 4.36. The van der Waals surface area contributed by atoms with Gasteiger partial charge in [0.1, 0.15) is 5.82 Å². The van der Waals surface area contributed by atoms with Crippen molar-refractivity contribution in [3.63, 3.8) is 0 Å². The lowest BCUT2D eigenvalue weighted by Crippen LogP contribution is -2.43. The quantitative estimate of drug-likeness (QED) is 0.672. The summed E-state index contributed by atoms with van der Waals surface area (Å²) < 4.78 is 0. The minimum Gasteiger partial charge on any atom is -0.378 e. The molecule has 1 saturated heterocycles. The van der Waals surface area contributed by atoms with E-state index < -0.39 is 0 Å². The molecule has 138 valence electrons. The third kappa shape index (κ3) is 3.79. The Morgan fingerprint density at radius 3 is 2.70 bits per heavy atom. The zero-order chi connectivity index (χ0) is 18.8. The molecule has 0 radical (unpaired) electrons. The van der Waals surface area contributed by atoms with E-state index in [1.807, 2.05) is 12.1 Å². The van der Waals surface area contributed by atoms with Crippen molar-refractivity contribution in [2.45, 2.75) is 0 Å². The maximum Gasteiger partial charge on any atom is 0.286 e. The monoisotopic (exact) mass is 382 g/mol. The molecule has 0 aliphatic carbocycles. The summed E-state index contributed by atoms with van der Waals surface area (Å²) >= 11 is 1.12. The summed E-state index contributed by atoms with van der Waals surface area (Å²) in [7, 11) is 0. The van der Waals surface area contributed by atoms with Gasteiger partial charge >= 0.3 is 0 Å². The van der Waals surface area contributed by atoms with Crippen molar-refractivity contribution in [2.24, 2.45) is 10.7 Å². The fourth-order valence-corrected chi connectivity index (χ4v) is 3.68. The number of amidine groups is 1. The molecule has 0 unspecified atom stereocenters. The van der Waals surface area contributed by atoms with Crippen LogP contribution in [0.1, 0.15) is 5.56 Å². The summed E-state index contributed by atoms with van der Waals surface area (Å²) in [5, 5.41) is 3.53. The van der Waals surface area contributed by atoms with Crippen LogP contribution in [0, 0.1) is 0 Å². The van der Waals surface area contributed by atoms with Crippen LogP contribution in [-0.4, -0.2) is 47.2 Å². The lowest BCUT2D eigenvalue weighted by atomic mass is 10.1. The molecule has 4 heterocycles. The molecule has 2 aromatic heterocycles. The molecular formula is C18H18N6O2S. The Morgan fingerprint density at radius 2 is 2.04 bits per heavy atom. The minimum atomic E-state index is -0.368. The highest BCUT2D eigenvalue weighted by Crippen LogP contribution is 2.27. The van der Waals surface area contributed by atoms with Gasteiger partial charge in [-0.1, -0.05) is 0 Å². The largest absolute Gasteiger partial charge is 0.378 e. The number of hydrogen-bond donors (Lipinski definition) is 3. The van der Waals surface area contributed by atoms with Gasteiger partial charge in [-0.25, -0.2) is 4.98 Å². The Morgan fingerprint density at radius 1 is 1.22 bits per heavy atom. The Kier molecular flexibility index (Phi) is 4.78. The average molecular weight is 382 g/mol. The first-order valence-corrected chi connectivity index (χ1v) is 9.35. The molecule has 4 rings (SSSR count). The molecule has 0 aromatic carbocycles. The molecule has 1 fully saturated rings. The Hall–Kier alpha value is -2.91. The number of H-pyrrole nitrogens is 1. The van der Waals surface area contributed by atoms with Gasteiger partial charge in [0.2, 0.25) is 0 Å². The van der Waals surface area contributed by atoms with E-state index in [4.69, 9.17) is 5.73 Å². The second kappa shape index (κ2) is 7.37. The summed E-state index contributed by atoms with van der Waals surface area (Å²) in [4.78, 5) is 37.6. The van der Waals surface area contributed by atoms with E-state index in [-0.39, 0.29) is 16.6 Å². The Balaban J connectivity index is 1.61. The Labute approximate surface area is 159 Å². The zero-order valence-corrected chi connectivity index (χ0v) is 15.3. The maximum absolute atomic E-state index is 12.3. The number of aromatic nitrogens is 2. The number of pyridine rings is 2. The predicted molar refractivity (Wildman–Crippen MR) is 108 cm³/mol. The number of amides is 1. The summed E-state index contributed by atoms with van der Waals surface area (Å²) in [6.45, 7) is 3.69.